The molecule has 0 unspecified atom stereocenters. The Balaban J connectivity index is 0.00000121. The first-order valence-electron chi connectivity index (χ1n) is 8.23. The Bertz CT molecular complexity index is 402. The van der Waals surface area contributed by atoms with Crippen LogP contribution in [0.1, 0.15) is 44.1 Å². The summed E-state index contributed by atoms with van der Waals surface area (Å²) in [7, 11) is 0. The molecule has 2 fully saturated rings. The molecule has 1 aromatic rings. The summed E-state index contributed by atoms with van der Waals surface area (Å²) in [6.45, 7) is 6.23. The minimum atomic E-state index is 0. The van der Waals surface area contributed by atoms with E-state index in [4.69, 9.17) is 0 Å². The molecule has 1 N–H and O–H groups in total. The van der Waals surface area contributed by atoms with Gasteiger partial charge in [-0.1, -0.05) is 6.07 Å². The molecule has 2 aliphatic rings. The molecule has 126 valence electrons. The second-order valence-corrected chi connectivity index (χ2v) is 6.42. The van der Waals surface area contributed by atoms with Crippen molar-refractivity contribution in [1.82, 2.24) is 15.2 Å². The van der Waals surface area contributed by atoms with Crippen LogP contribution in [0.5, 0.6) is 0 Å². The SMILES string of the molecule is Cl.Cl.c1cncc(C2(CCCN3CCCC3)CCNCC2)c1. The average Bonchev–Trinajstić information content (AvgIpc) is 3.02. The third-order valence-corrected chi connectivity index (χ3v) is 5.16. The van der Waals surface area contributed by atoms with Gasteiger partial charge in [0.2, 0.25) is 0 Å². The molecule has 2 aliphatic heterocycles. The fraction of sp³-hybridized carbons (Fsp3) is 0.706. The molecule has 0 bridgehead atoms. The number of pyridine rings is 1. The van der Waals surface area contributed by atoms with Gasteiger partial charge in [-0.25, -0.2) is 0 Å². The number of piperidine rings is 1. The standard InChI is InChI=1S/C17H27N3.2ClH/c1-2-13-20(12-1)14-4-6-17(7-10-18-11-8-17)16-5-3-9-19-15-16;;/h3,5,9,15,18H,1-2,4,6-8,10-14H2;2*1H. The minimum Gasteiger partial charge on any atom is -0.317 e. The highest BCUT2D eigenvalue weighted by Gasteiger charge is 2.33. The smallest absolute Gasteiger partial charge is 0.0305 e. The van der Waals surface area contributed by atoms with E-state index in [1.807, 2.05) is 6.20 Å². The lowest BCUT2D eigenvalue weighted by Gasteiger charge is -2.38. The van der Waals surface area contributed by atoms with Gasteiger partial charge in [0, 0.05) is 12.4 Å². The van der Waals surface area contributed by atoms with E-state index in [0.717, 1.165) is 13.1 Å². The fourth-order valence-electron chi connectivity index (χ4n) is 3.91. The van der Waals surface area contributed by atoms with Crippen LogP contribution in [-0.4, -0.2) is 42.6 Å². The average molecular weight is 346 g/mol. The van der Waals surface area contributed by atoms with Gasteiger partial charge in [-0.3, -0.25) is 4.98 Å². The topological polar surface area (TPSA) is 28.2 Å². The van der Waals surface area contributed by atoms with Crippen LogP contribution in [0.2, 0.25) is 0 Å². The van der Waals surface area contributed by atoms with Crippen molar-refractivity contribution in [2.75, 3.05) is 32.7 Å². The van der Waals surface area contributed by atoms with E-state index in [1.54, 1.807) is 0 Å². The summed E-state index contributed by atoms with van der Waals surface area (Å²) in [5, 5.41) is 3.51. The number of nitrogens with zero attached hydrogens (tertiary/aromatic N) is 2. The van der Waals surface area contributed by atoms with E-state index in [2.05, 4.69) is 33.5 Å². The van der Waals surface area contributed by atoms with Crippen LogP contribution in [0.4, 0.5) is 0 Å². The number of rotatable bonds is 5. The van der Waals surface area contributed by atoms with E-state index < -0.39 is 0 Å². The molecule has 5 heteroatoms. The molecule has 0 spiro atoms. The third kappa shape index (κ3) is 4.82. The molecular formula is C17H29Cl2N3. The van der Waals surface area contributed by atoms with Gasteiger partial charge in [-0.15, -0.1) is 24.8 Å². The monoisotopic (exact) mass is 345 g/mol. The molecule has 3 rings (SSSR count). The van der Waals surface area contributed by atoms with E-state index in [0.29, 0.717) is 5.41 Å². The summed E-state index contributed by atoms with van der Waals surface area (Å²) in [5.41, 5.74) is 1.84. The number of halogens is 2. The summed E-state index contributed by atoms with van der Waals surface area (Å²) in [4.78, 5) is 7.00. The van der Waals surface area contributed by atoms with Gasteiger partial charge in [-0.05, 0) is 88.3 Å². The largest absolute Gasteiger partial charge is 0.317 e. The molecule has 0 aromatic carbocycles. The summed E-state index contributed by atoms with van der Waals surface area (Å²) in [6, 6.07) is 4.38. The first kappa shape index (κ1) is 19.7. The Morgan fingerprint density at radius 2 is 1.86 bits per heavy atom. The van der Waals surface area contributed by atoms with E-state index in [-0.39, 0.29) is 24.8 Å². The highest BCUT2D eigenvalue weighted by Crippen LogP contribution is 2.37. The number of likely N-dealkylation sites (tertiary alicyclic amines) is 1. The molecular weight excluding hydrogens is 317 g/mol. The van der Waals surface area contributed by atoms with Gasteiger partial charge in [-0.2, -0.15) is 0 Å². The zero-order valence-electron chi connectivity index (χ0n) is 13.3. The predicted molar refractivity (Wildman–Crippen MR) is 97.4 cm³/mol. The first-order valence-corrected chi connectivity index (χ1v) is 8.23. The molecule has 22 heavy (non-hydrogen) atoms. The second-order valence-electron chi connectivity index (χ2n) is 6.42. The van der Waals surface area contributed by atoms with Crippen molar-refractivity contribution in [1.29, 1.82) is 0 Å². The van der Waals surface area contributed by atoms with E-state index >= 15 is 0 Å². The number of nitrogens with one attached hydrogen (secondary N) is 1. The van der Waals surface area contributed by atoms with Crippen molar-refractivity contribution in [3.8, 4) is 0 Å². The van der Waals surface area contributed by atoms with Crippen molar-refractivity contribution < 1.29 is 0 Å². The van der Waals surface area contributed by atoms with Gasteiger partial charge in [0.1, 0.15) is 0 Å². The summed E-state index contributed by atoms with van der Waals surface area (Å²) < 4.78 is 0. The van der Waals surface area contributed by atoms with Crippen LogP contribution < -0.4 is 5.32 Å². The lowest BCUT2D eigenvalue weighted by atomic mass is 9.70. The van der Waals surface area contributed by atoms with Crippen LogP contribution in [0, 0.1) is 0 Å². The van der Waals surface area contributed by atoms with Crippen molar-refractivity contribution in [2.45, 2.75) is 43.9 Å². The van der Waals surface area contributed by atoms with Gasteiger partial charge < -0.3 is 10.2 Å². The molecule has 2 saturated heterocycles. The Hall–Kier alpha value is -0.350. The lowest BCUT2D eigenvalue weighted by Crippen LogP contribution is -2.40. The van der Waals surface area contributed by atoms with Crippen LogP contribution in [-0.2, 0) is 5.41 Å². The number of hydrogen-bond acceptors (Lipinski definition) is 3. The van der Waals surface area contributed by atoms with Gasteiger partial charge in [0.25, 0.3) is 0 Å². The van der Waals surface area contributed by atoms with Gasteiger partial charge in [0.05, 0.1) is 0 Å². The molecule has 0 saturated carbocycles. The Labute approximate surface area is 147 Å². The van der Waals surface area contributed by atoms with Crippen molar-refractivity contribution >= 4 is 24.8 Å². The third-order valence-electron chi connectivity index (χ3n) is 5.16. The van der Waals surface area contributed by atoms with Crippen LogP contribution in [0.25, 0.3) is 0 Å². The second kappa shape index (κ2) is 9.71. The fourth-order valence-corrected chi connectivity index (χ4v) is 3.91. The van der Waals surface area contributed by atoms with Crippen LogP contribution >= 0.6 is 24.8 Å². The van der Waals surface area contributed by atoms with Crippen LogP contribution in [0.15, 0.2) is 24.5 Å². The number of aromatic nitrogens is 1. The molecule has 0 amide bonds. The Kier molecular flexibility index (Phi) is 8.70. The predicted octanol–water partition coefficient (Wildman–Crippen LogP) is 3.42. The zero-order valence-corrected chi connectivity index (χ0v) is 14.9. The highest BCUT2D eigenvalue weighted by atomic mass is 35.5. The van der Waals surface area contributed by atoms with E-state index in [9.17, 15) is 0 Å². The molecule has 3 nitrogen and oxygen atoms in total. The summed E-state index contributed by atoms with van der Waals surface area (Å²) >= 11 is 0. The van der Waals surface area contributed by atoms with Gasteiger partial charge >= 0.3 is 0 Å². The van der Waals surface area contributed by atoms with E-state index in [1.165, 1.54) is 63.7 Å². The minimum absolute atomic E-state index is 0. The Morgan fingerprint density at radius 3 is 2.50 bits per heavy atom. The maximum Gasteiger partial charge on any atom is 0.0305 e. The molecule has 0 atom stereocenters. The molecule has 3 heterocycles. The van der Waals surface area contributed by atoms with Crippen molar-refractivity contribution in [2.24, 2.45) is 0 Å². The first-order chi connectivity index (χ1) is 9.89. The Morgan fingerprint density at radius 1 is 1.14 bits per heavy atom. The normalized spacial score (nSPS) is 20.9. The van der Waals surface area contributed by atoms with Crippen LogP contribution in [0.3, 0.4) is 0 Å². The summed E-state index contributed by atoms with van der Waals surface area (Å²) in [5.74, 6) is 0. The summed E-state index contributed by atoms with van der Waals surface area (Å²) in [6.07, 6.45) is 12.0. The molecule has 0 aliphatic carbocycles. The maximum absolute atomic E-state index is 4.36. The maximum atomic E-state index is 4.36. The quantitative estimate of drug-likeness (QED) is 0.885. The van der Waals surface area contributed by atoms with Crippen molar-refractivity contribution in [3.63, 3.8) is 0 Å². The molecule has 1 aromatic heterocycles. The van der Waals surface area contributed by atoms with Crippen molar-refractivity contribution in [3.05, 3.63) is 30.1 Å². The van der Waals surface area contributed by atoms with Gasteiger partial charge in [0.15, 0.2) is 0 Å². The highest BCUT2D eigenvalue weighted by molar-refractivity contribution is 5.85. The number of hydrogen-bond donors (Lipinski definition) is 1. The lowest BCUT2D eigenvalue weighted by molar-refractivity contribution is 0.254. The molecule has 0 radical (unpaired) electrons. The zero-order chi connectivity index (χ0) is 13.7.